The van der Waals surface area contributed by atoms with Crippen molar-refractivity contribution in [3.63, 3.8) is 0 Å². The van der Waals surface area contributed by atoms with Gasteiger partial charge in [-0.05, 0) is 0 Å². The molecule has 7 heavy (non-hydrogen) atoms. The van der Waals surface area contributed by atoms with Gasteiger partial charge in [0.05, 0.1) is 0 Å². The number of hydrogen-bond acceptors (Lipinski definition) is 3. The zero-order valence-electron chi connectivity index (χ0n) is 3.72. The van der Waals surface area contributed by atoms with Crippen LogP contribution in [0.25, 0.3) is 0 Å². The van der Waals surface area contributed by atoms with E-state index >= 15 is 0 Å². The van der Waals surface area contributed by atoms with Gasteiger partial charge in [0.25, 0.3) is 0 Å². The molecule has 4 heteroatoms. The Bertz CT molecular complexity index is 90.9. The van der Waals surface area contributed by atoms with Crippen LogP contribution in [0.4, 0.5) is 0 Å². The Morgan fingerprint density at radius 2 is 2.57 bits per heavy atom. The van der Waals surface area contributed by atoms with Gasteiger partial charge in [-0.1, -0.05) is 11.1 Å². The van der Waals surface area contributed by atoms with Crippen LogP contribution in [-0.2, 0) is 11.1 Å². The van der Waals surface area contributed by atoms with Crippen molar-refractivity contribution in [1.82, 2.24) is 5.32 Å². The highest BCUT2D eigenvalue weighted by atomic mass is 32.2. The maximum Gasteiger partial charge on any atom is 0.0297 e. The Kier molecular flexibility index (Phi) is 1.41. The Hall–Kier alpha value is 0.0700. The van der Waals surface area contributed by atoms with E-state index in [1.807, 2.05) is 0 Å². The van der Waals surface area contributed by atoms with Gasteiger partial charge in [-0.15, -0.1) is 0 Å². The minimum Gasteiger partial charge on any atom is -0.772 e. The summed E-state index contributed by atoms with van der Waals surface area (Å²) in [5.41, 5.74) is 0. The number of rotatable bonds is 2. The van der Waals surface area contributed by atoms with E-state index in [2.05, 4.69) is 5.32 Å². The summed E-state index contributed by atoms with van der Waals surface area (Å²) >= 11 is -1.85. The van der Waals surface area contributed by atoms with E-state index in [4.69, 9.17) is 0 Å². The zero-order valence-corrected chi connectivity index (χ0v) is 4.53. The van der Waals surface area contributed by atoms with Crippen molar-refractivity contribution in [3.05, 3.63) is 0 Å². The molecule has 0 aliphatic carbocycles. The first kappa shape index (κ1) is 5.21. The first-order valence-electron chi connectivity index (χ1n) is 2.08. The Morgan fingerprint density at radius 3 is 2.71 bits per heavy atom. The first-order valence-corrected chi connectivity index (χ1v) is 3.32. The fraction of sp³-hybridized carbons (Fsp3) is 1.00. The fourth-order valence-electron chi connectivity index (χ4n) is 0.365. The van der Waals surface area contributed by atoms with Gasteiger partial charge in [0.1, 0.15) is 0 Å². The minimum absolute atomic E-state index is 0.262. The molecule has 1 fully saturated rings. The van der Waals surface area contributed by atoms with E-state index in [1.54, 1.807) is 0 Å². The quantitative estimate of drug-likeness (QED) is 0.369. The molecule has 3 nitrogen and oxygen atoms in total. The molecule has 0 amide bonds. The second-order valence-corrected chi connectivity index (χ2v) is 2.52. The van der Waals surface area contributed by atoms with Crippen LogP contribution in [0.5, 0.6) is 0 Å². The largest absolute Gasteiger partial charge is 0.772 e. The maximum absolute atomic E-state index is 9.81. The van der Waals surface area contributed by atoms with Crippen molar-refractivity contribution in [3.8, 4) is 0 Å². The third-order valence-corrected chi connectivity index (χ3v) is 1.50. The molecular formula is C3H6NO2S-. The maximum atomic E-state index is 9.81. The average molecular weight is 120 g/mol. The number of hydrogen-bond donors (Lipinski definition) is 1. The summed E-state index contributed by atoms with van der Waals surface area (Å²) in [6.45, 7) is 0.869. The van der Waals surface area contributed by atoms with Gasteiger partial charge in [-0.2, -0.15) is 0 Å². The highest BCUT2D eigenvalue weighted by molar-refractivity contribution is 7.79. The molecule has 0 spiro atoms. The number of nitrogens with one attached hydrogen (secondary N) is 1. The molecule has 1 aliphatic rings. The Morgan fingerprint density at radius 1 is 2.00 bits per heavy atom. The predicted molar refractivity (Wildman–Crippen MR) is 25.6 cm³/mol. The lowest BCUT2D eigenvalue weighted by Crippen LogP contribution is -2.04. The molecule has 2 unspecified atom stereocenters. The smallest absolute Gasteiger partial charge is 0.0297 e. The average Bonchev–Trinajstić information content (AvgIpc) is 2.17. The molecule has 0 radical (unpaired) electrons. The highest BCUT2D eigenvalue weighted by Gasteiger charge is 2.18. The fourth-order valence-corrected chi connectivity index (χ4v) is 0.930. The third kappa shape index (κ3) is 2.01. The van der Waals surface area contributed by atoms with E-state index in [1.165, 1.54) is 0 Å². The minimum atomic E-state index is -1.85. The molecule has 1 rings (SSSR count). The molecule has 42 valence electrons. The summed E-state index contributed by atoms with van der Waals surface area (Å²) in [6, 6.07) is 0.262. The van der Waals surface area contributed by atoms with Crippen LogP contribution in [0.2, 0.25) is 0 Å². The molecule has 0 bridgehead atoms. The molecule has 1 N–H and O–H groups in total. The van der Waals surface area contributed by atoms with E-state index in [0.29, 0.717) is 0 Å². The topological polar surface area (TPSA) is 62.1 Å². The van der Waals surface area contributed by atoms with Gasteiger partial charge in [0, 0.05) is 18.3 Å². The molecule has 1 aliphatic heterocycles. The van der Waals surface area contributed by atoms with Gasteiger partial charge in [0.2, 0.25) is 0 Å². The van der Waals surface area contributed by atoms with Crippen molar-refractivity contribution in [2.24, 2.45) is 0 Å². The summed E-state index contributed by atoms with van der Waals surface area (Å²) in [7, 11) is 0. The molecule has 1 heterocycles. The molecule has 1 saturated heterocycles. The third-order valence-electron chi connectivity index (χ3n) is 0.830. The first-order chi connectivity index (χ1) is 3.29. The van der Waals surface area contributed by atoms with Gasteiger partial charge >= 0.3 is 0 Å². The van der Waals surface area contributed by atoms with E-state index in [9.17, 15) is 8.76 Å². The van der Waals surface area contributed by atoms with Crippen molar-refractivity contribution < 1.29 is 8.76 Å². The molecule has 2 atom stereocenters. The highest BCUT2D eigenvalue weighted by Crippen LogP contribution is 1.96. The van der Waals surface area contributed by atoms with Crippen molar-refractivity contribution >= 4 is 11.1 Å². The molecular weight excluding hydrogens is 114 g/mol. The van der Waals surface area contributed by atoms with Gasteiger partial charge in [-0.3, -0.25) is 4.21 Å². The molecule has 0 aromatic carbocycles. The molecule has 0 saturated carbocycles. The van der Waals surface area contributed by atoms with Crippen LogP contribution in [0.3, 0.4) is 0 Å². The summed E-state index contributed by atoms with van der Waals surface area (Å²) < 4.78 is 19.6. The normalized spacial score (nSPS) is 32.4. The lowest BCUT2D eigenvalue weighted by molar-refractivity contribution is 0.536. The van der Waals surface area contributed by atoms with Crippen molar-refractivity contribution in [2.75, 3.05) is 12.3 Å². The lowest BCUT2D eigenvalue weighted by Gasteiger charge is -1.98. The van der Waals surface area contributed by atoms with Gasteiger partial charge in [-0.25, -0.2) is 0 Å². The predicted octanol–water partition coefficient (Wildman–Crippen LogP) is -1.16. The van der Waals surface area contributed by atoms with Gasteiger partial charge in [0.15, 0.2) is 0 Å². The van der Waals surface area contributed by atoms with Crippen LogP contribution in [0.1, 0.15) is 0 Å². The van der Waals surface area contributed by atoms with E-state index in [-0.39, 0.29) is 11.8 Å². The standard InChI is InChI=1S/C3H7NO2S/c5-7(6)2-3-1-4-3/h3-4H,1-2H2,(H,5,6)/p-1. The van der Waals surface area contributed by atoms with Crippen LogP contribution >= 0.6 is 0 Å². The van der Waals surface area contributed by atoms with Crippen LogP contribution < -0.4 is 5.32 Å². The van der Waals surface area contributed by atoms with Gasteiger partial charge < -0.3 is 9.87 Å². The monoisotopic (exact) mass is 120 g/mol. The summed E-state index contributed by atoms with van der Waals surface area (Å²) in [6.07, 6.45) is 0. The van der Waals surface area contributed by atoms with Crippen LogP contribution in [0.15, 0.2) is 0 Å². The van der Waals surface area contributed by atoms with E-state index in [0.717, 1.165) is 6.54 Å². The van der Waals surface area contributed by atoms with E-state index < -0.39 is 11.1 Å². The summed E-state index contributed by atoms with van der Waals surface area (Å²) in [5.74, 6) is 0.278. The second-order valence-electron chi connectivity index (χ2n) is 1.58. The van der Waals surface area contributed by atoms with Crippen molar-refractivity contribution in [2.45, 2.75) is 6.04 Å². The zero-order chi connectivity index (χ0) is 5.28. The Balaban J connectivity index is 2.08. The Labute approximate surface area is 44.4 Å². The second kappa shape index (κ2) is 1.90. The van der Waals surface area contributed by atoms with Crippen LogP contribution in [-0.4, -0.2) is 27.1 Å². The molecule has 0 aromatic rings. The van der Waals surface area contributed by atoms with Crippen LogP contribution in [0, 0.1) is 0 Å². The lowest BCUT2D eigenvalue weighted by atomic mass is 10.6. The molecule has 0 aromatic heterocycles. The summed E-state index contributed by atoms with van der Waals surface area (Å²) in [5, 5.41) is 2.87. The van der Waals surface area contributed by atoms with Crippen molar-refractivity contribution in [1.29, 1.82) is 0 Å². The SMILES string of the molecule is O=S([O-])CC1CN1. The summed E-state index contributed by atoms with van der Waals surface area (Å²) in [4.78, 5) is 0.